The van der Waals surface area contributed by atoms with Crippen LogP contribution in [-0.2, 0) is 13.0 Å². The summed E-state index contributed by atoms with van der Waals surface area (Å²) in [4.78, 5) is 2.60. The summed E-state index contributed by atoms with van der Waals surface area (Å²) >= 11 is 0. The van der Waals surface area contributed by atoms with Crippen LogP contribution in [0.15, 0.2) is 43.5 Å². The fraction of sp³-hybridized carbons (Fsp3) is 0.545. The number of benzene rings is 1. The van der Waals surface area contributed by atoms with E-state index in [1.54, 1.807) is 11.1 Å². The van der Waals surface area contributed by atoms with E-state index in [0.29, 0.717) is 12.1 Å². The van der Waals surface area contributed by atoms with Crippen molar-refractivity contribution in [1.82, 2.24) is 4.90 Å². The molecule has 1 heterocycles. The molecule has 1 aliphatic heterocycles. The maximum absolute atomic E-state index is 4.07. The molecule has 0 saturated heterocycles. The summed E-state index contributed by atoms with van der Waals surface area (Å²) < 4.78 is 0. The molecule has 1 fully saturated rings. The van der Waals surface area contributed by atoms with Gasteiger partial charge in [0.15, 0.2) is 0 Å². The number of hydrogen-bond donors (Lipinski definition) is 0. The number of fused-ring (bicyclic) bond motifs is 1. The highest BCUT2D eigenvalue weighted by molar-refractivity contribution is 5.38. The van der Waals surface area contributed by atoms with Crippen LogP contribution in [0.2, 0.25) is 0 Å². The Bertz CT molecular complexity index is 553. The van der Waals surface area contributed by atoms with Crippen molar-refractivity contribution in [1.29, 1.82) is 0 Å². The Labute approximate surface area is 142 Å². The molecule has 1 aromatic rings. The maximum Gasteiger partial charge on any atom is 0.0332 e. The van der Waals surface area contributed by atoms with Gasteiger partial charge in [0.05, 0.1) is 0 Å². The van der Waals surface area contributed by atoms with E-state index in [-0.39, 0.29) is 0 Å². The van der Waals surface area contributed by atoms with Crippen LogP contribution in [0.3, 0.4) is 0 Å². The Morgan fingerprint density at radius 1 is 1.26 bits per heavy atom. The molecule has 1 nitrogen and oxygen atoms in total. The lowest BCUT2D eigenvalue weighted by atomic mass is 9.95. The summed E-state index contributed by atoms with van der Waals surface area (Å²) in [6.07, 6.45) is 13.3. The minimum atomic E-state index is 0.452. The molecule has 124 valence electrons. The van der Waals surface area contributed by atoms with Gasteiger partial charge in [-0.05, 0) is 48.8 Å². The molecule has 2 unspecified atom stereocenters. The molecular weight excluding hydrogens is 278 g/mol. The number of hydrogen-bond acceptors (Lipinski definition) is 1. The largest absolute Gasteiger partial charge is 0.286 e. The van der Waals surface area contributed by atoms with Gasteiger partial charge in [0.1, 0.15) is 0 Å². The topological polar surface area (TPSA) is 3.24 Å². The van der Waals surface area contributed by atoms with Gasteiger partial charge in [0, 0.05) is 18.6 Å². The van der Waals surface area contributed by atoms with Crippen LogP contribution in [0.5, 0.6) is 0 Å². The molecule has 0 bridgehead atoms. The Hall–Kier alpha value is -1.34. The molecule has 1 aromatic carbocycles. The highest BCUT2D eigenvalue weighted by Gasteiger charge is 2.30. The molecule has 23 heavy (non-hydrogen) atoms. The zero-order valence-electron chi connectivity index (χ0n) is 14.6. The second-order valence-corrected chi connectivity index (χ2v) is 7.41. The quantitative estimate of drug-likeness (QED) is 0.574. The van der Waals surface area contributed by atoms with Gasteiger partial charge < -0.3 is 0 Å². The van der Waals surface area contributed by atoms with Crippen LogP contribution >= 0.6 is 0 Å². The van der Waals surface area contributed by atoms with E-state index in [9.17, 15) is 0 Å². The summed E-state index contributed by atoms with van der Waals surface area (Å²) in [5.74, 6) is 0.927. The predicted molar refractivity (Wildman–Crippen MR) is 99.5 cm³/mol. The third-order valence-electron chi connectivity index (χ3n) is 5.87. The van der Waals surface area contributed by atoms with Crippen molar-refractivity contribution in [2.45, 2.75) is 70.5 Å². The molecule has 1 heteroatoms. The number of rotatable bonds is 7. The van der Waals surface area contributed by atoms with Crippen molar-refractivity contribution in [2.75, 3.05) is 0 Å². The molecule has 1 aliphatic carbocycles. The maximum atomic E-state index is 4.07. The smallest absolute Gasteiger partial charge is 0.0332 e. The lowest BCUT2D eigenvalue weighted by molar-refractivity contribution is 0.179. The van der Waals surface area contributed by atoms with Crippen molar-refractivity contribution in [3.8, 4) is 0 Å². The van der Waals surface area contributed by atoms with Crippen molar-refractivity contribution in [3.63, 3.8) is 0 Å². The first-order chi connectivity index (χ1) is 11.2. The summed E-state index contributed by atoms with van der Waals surface area (Å²) in [6, 6.07) is 8.20. The molecule has 0 amide bonds. The predicted octanol–water partition coefficient (Wildman–Crippen LogP) is 5.82. The van der Waals surface area contributed by atoms with Crippen molar-refractivity contribution in [3.05, 3.63) is 60.2 Å². The highest BCUT2D eigenvalue weighted by Crippen LogP contribution is 2.37. The Morgan fingerprint density at radius 2 is 2.04 bits per heavy atom. The van der Waals surface area contributed by atoms with E-state index < -0.39 is 0 Å². The van der Waals surface area contributed by atoms with Crippen molar-refractivity contribution in [2.24, 2.45) is 5.92 Å². The monoisotopic (exact) mass is 309 g/mol. The van der Waals surface area contributed by atoms with Crippen LogP contribution in [0.1, 0.15) is 68.2 Å². The molecule has 0 radical (unpaired) electrons. The van der Waals surface area contributed by atoms with E-state index in [0.717, 1.165) is 25.3 Å². The summed E-state index contributed by atoms with van der Waals surface area (Å²) in [6.45, 7) is 11.3. The zero-order valence-corrected chi connectivity index (χ0v) is 14.6. The van der Waals surface area contributed by atoms with Crippen LogP contribution < -0.4 is 0 Å². The van der Waals surface area contributed by atoms with Gasteiger partial charge in [-0.1, -0.05) is 56.0 Å². The fourth-order valence-corrected chi connectivity index (χ4v) is 4.50. The standard InChI is InChI=1S/C22H31N/c1-4-6-11-21(5-2)23-16-20-15-19(12-13-22(20)17(23)3)14-18-9-7-8-10-18/h4-5,12-13,15,17-18,21H,1-2,6-11,14,16H2,3H3. The van der Waals surface area contributed by atoms with Crippen LogP contribution in [0.4, 0.5) is 0 Å². The fourth-order valence-electron chi connectivity index (χ4n) is 4.50. The lowest BCUT2D eigenvalue weighted by Crippen LogP contribution is -2.31. The van der Waals surface area contributed by atoms with Gasteiger partial charge in [-0.25, -0.2) is 0 Å². The average molecular weight is 309 g/mol. The molecule has 0 spiro atoms. The first kappa shape index (κ1) is 16.5. The highest BCUT2D eigenvalue weighted by atomic mass is 15.2. The van der Waals surface area contributed by atoms with E-state index in [1.165, 1.54) is 37.7 Å². The summed E-state index contributed by atoms with van der Waals surface area (Å²) in [5.41, 5.74) is 4.61. The third-order valence-corrected chi connectivity index (χ3v) is 5.87. The molecule has 2 aliphatic rings. The Kier molecular flexibility index (Phi) is 5.38. The average Bonchev–Trinajstić information content (AvgIpc) is 3.17. The van der Waals surface area contributed by atoms with Crippen molar-refractivity contribution >= 4 is 0 Å². The van der Waals surface area contributed by atoms with E-state index >= 15 is 0 Å². The third kappa shape index (κ3) is 3.61. The van der Waals surface area contributed by atoms with E-state index in [1.807, 2.05) is 6.08 Å². The Morgan fingerprint density at radius 3 is 2.74 bits per heavy atom. The second-order valence-electron chi connectivity index (χ2n) is 7.41. The number of nitrogens with zero attached hydrogens (tertiary/aromatic N) is 1. The van der Waals surface area contributed by atoms with Gasteiger partial charge >= 0.3 is 0 Å². The Balaban J connectivity index is 1.71. The lowest BCUT2D eigenvalue weighted by Gasteiger charge is -2.29. The van der Waals surface area contributed by atoms with Gasteiger partial charge in [-0.2, -0.15) is 0 Å². The molecule has 0 aromatic heterocycles. The van der Waals surface area contributed by atoms with E-state index in [4.69, 9.17) is 0 Å². The molecule has 1 saturated carbocycles. The SMILES string of the molecule is C=CCCC(C=C)N1Cc2cc(CC3CCCC3)ccc2C1C. The zero-order chi connectivity index (χ0) is 16.2. The second kappa shape index (κ2) is 7.49. The van der Waals surface area contributed by atoms with Gasteiger partial charge in [0.2, 0.25) is 0 Å². The van der Waals surface area contributed by atoms with Crippen molar-refractivity contribution < 1.29 is 0 Å². The normalized spacial score (nSPS) is 22.9. The number of allylic oxidation sites excluding steroid dienone is 1. The first-order valence-electron chi connectivity index (χ1n) is 9.33. The van der Waals surface area contributed by atoms with Gasteiger partial charge in [0.25, 0.3) is 0 Å². The van der Waals surface area contributed by atoms with Gasteiger partial charge in [-0.15, -0.1) is 13.2 Å². The molecule has 3 rings (SSSR count). The molecule has 2 atom stereocenters. The molecular formula is C22H31N. The van der Waals surface area contributed by atoms with Crippen LogP contribution in [-0.4, -0.2) is 10.9 Å². The summed E-state index contributed by atoms with van der Waals surface area (Å²) in [5, 5.41) is 0. The first-order valence-corrected chi connectivity index (χ1v) is 9.33. The van der Waals surface area contributed by atoms with Crippen LogP contribution in [0.25, 0.3) is 0 Å². The van der Waals surface area contributed by atoms with E-state index in [2.05, 4.69) is 49.3 Å². The minimum absolute atomic E-state index is 0.452. The van der Waals surface area contributed by atoms with Gasteiger partial charge in [-0.3, -0.25) is 4.90 Å². The molecule has 0 N–H and O–H groups in total. The minimum Gasteiger partial charge on any atom is -0.286 e. The van der Waals surface area contributed by atoms with Crippen LogP contribution in [0, 0.1) is 5.92 Å². The summed E-state index contributed by atoms with van der Waals surface area (Å²) in [7, 11) is 0.